The summed E-state index contributed by atoms with van der Waals surface area (Å²) in [5.74, 6) is -0.413. The first-order valence-corrected chi connectivity index (χ1v) is 4.00. The molecule has 0 aromatic carbocycles. The van der Waals surface area contributed by atoms with Crippen LogP contribution in [0.1, 0.15) is 11.1 Å². The summed E-state index contributed by atoms with van der Waals surface area (Å²) in [6, 6.07) is 1.78. The Morgan fingerprint density at radius 2 is 2.13 bits per heavy atom. The lowest BCUT2D eigenvalue weighted by atomic mass is 10.1. The molecule has 0 bridgehead atoms. The molecule has 1 heterocycles. The van der Waals surface area contributed by atoms with Crippen LogP contribution in [0.4, 0.5) is 13.2 Å². The van der Waals surface area contributed by atoms with E-state index >= 15 is 0 Å². The van der Waals surface area contributed by atoms with Gasteiger partial charge in [-0.05, 0) is 12.5 Å². The molecule has 0 saturated heterocycles. The maximum Gasteiger partial charge on any atom is 0.573 e. The number of ether oxygens (including phenoxy) is 1. The van der Waals surface area contributed by atoms with Crippen molar-refractivity contribution in [3.8, 4) is 11.8 Å². The minimum atomic E-state index is -4.76. The van der Waals surface area contributed by atoms with Crippen molar-refractivity contribution in [1.82, 2.24) is 4.98 Å². The molecule has 0 saturated carbocycles. The van der Waals surface area contributed by atoms with Crippen molar-refractivity contribution in [2.45, 2.75) is 19.7 Å². The van der Waals surface area contributed by atoms with Crippen molar-refractivity contribution in [3.05, 3.63) is 23.5 Å². The van der Waals surface area contributed by atoms with Crippen LogP contribution in [-0.4, -0.2) is 11.3 Å². The van der Waals surface area contributed by atoms with Crippen molar-refractivity contribution in [3.63, 3.8) is 0 Å². The Balaban J connectivity index is 3.07. The molecule has 0 spiro atoms. The highest BCUT2D eigenvalue weighted by Gasteiger charge is 2.32. The van der Waals surface area contributed by atoms with E-state index in [0.29, 0.717) is 5.56 Å². The third kappa shape index (κ3) is 3.13. The molecule has 0 radical (unpaired) electrons. The summed E-state index contributed by atoms with van der Waals surface area (Å²) in [4.78, 5) is 3.58. The smallest absolute Gasteiger partial charge is 0.404 e. The molecule has 0 N–H and O–H groups in total. The summed E-state index contributed by atoms with van der Waals surface area (Å²) in [7, 11) is 0. The van der Waals surface area contributed by atoms with Gasteiger partial charge < -0.3 is 4.74 Å². The van der Waals surface area contributed by atoms with E-state index in [0.717, 1.165) is 6.20 Å². The third-order valence-corrected chi connectivity index (χ3v) is 1.71. The maximum atomic E-state index is 12.0. The average Bonchev–Trinajstić information content (AvgIpc) is 2.08. The molecule has 0 unspecified atom stereocenters. The number of aromatic nitrogens is 1. The molecule has 0 aliphatic carbocycles. The largest absolute Gasteiger partial charge is 0.573 e. The summed E-state index contributed by atoms with van der Waals surface area (Å²) >= 11 is 0. The molecule has 0 amide bonds. The molecule has 1 rings (SSSR count). The minimum Gasteiger partial charge on any atom is -0.404 e. The van der Waals surface area contributed by atoms with Crippen LogP contribution in [0.25, 0.3) is 0 Å². The van der Waals surface area contributed by atoms with Gasteiger partial charge in [0.2, 0.25) is 0 Å². The molecule has 1 aromatic heterocycles. The van der Waals surface area contributed by atoms with E-state index in [9.17, 15) is 13.2 Å². The lowest BCUT2D eigenvalue weighted by Crippen LogP contribution is -2.18. The van der Waals surface area contributed by atoms with Crippen LogP contribution in [0.5, 0.6) is 5.75 Å². The van der Waals surface area contributed by atoms with Crippen LogP contribution in [0, 0.1) is 18.3 Å². The monoisotopic (exact) mass is 216 g/mol. The Hall–Kier alpha value is -1.77. The maximum absolute atomic E-state index is 12.0. The first-order valence-electron chi connectivity index (χ1n) is 4.00. The van der Waals surface area contributed by atoms with Gasteiger partial charge in [0.05, 0.1) is 18.7 Å². The molecule has 15 heavy (non-hydrogen) atoms. The lowest BCUT2D eigenvalue weighted by Gasteiger charge is -2.12. The van der Waals surface area contributed by atoms with Crippen LogP contribution in [-0.2, 0) is 6.42 Å². The molecule has 0 aliphatic rings. The Morgan fingerprint density at radius 3 is 2.67 bits per heavy atom. The molecular formula is C9H7F3N2O. The Labute approximate surface area is 84.1 Å². The van der Waals surface area contributed by atoms with Crippen molar-refractivity contribution in [2.75, 3.05) is 0 Å². The fraction of sp³-hybridized carbons (Fsp3) is 0.333. The summed E-state index contributed by atoms with van der Waals surface area (Å²) in [6.45, 7) is 1.57. The van der Waals surface area contributed by atoms with E-state index < -0.39 is 12.1 Å². The van der Waals surface area contributed by atoms with Gasteiger partial charge in [0.15, 0.2) is 5.75 Å². The number of hydrogen-bond acceptors (Lipinski definition) is 3. The van der Waals surface area contributed by atoms with E-state index in [4.69, 9.17) is 5.26 Å². The van der Waals surface area contributed by atoms with Crippen LogP contribution in [0.15, 0.2) is 12.4 Å². The quantitative estimate of drug-likeness (QED) is 0.762. The molecule has 3 nitrogen and oxygen atoms in total. The lowest BCUT2D eigenvalue weighted by molar-refractivity contribution is -0.275. The molecule has 1 aromatic rings. The van der Waals surface area contributed by atoms with Crippen molar-refractivity contribution in [2.24, 2.45) is 0 Å². The fourth-order valence-electron chi connectivity index (χ4n) is 1.09. The summed E-state index contributed by atoms with van der Waals surface area (Å²) in [6.07, 6.45) is -2.57. The van der Waals surface area contributed by atoms with Gasteiger partial charge in [0.25, 0.3) is 0 Å². The number of aryl methyl sites for hydroxylation is 1. The topological polar surface area (TPSA) is 45.9 Å². The Kier molecular flexibility index (Phi) is 3.14. The number of pyridine rings is 1. The molecule has 0 aliphatic heterocycles. The number of nitriles is 1. The van der Waals surface area contributed by atoms with E-state index in [2.05, 4.69) is 9.72 Å². The van der Waals surface area contributed by atoms with Crippen LogP contribution in [0.3, 0.4) is 0 Å². The minimum absolute atomic E-state index is 0.139. The highest BCUT2D eigenvalue weighted by molar-refractivity contribution is 5.38. The normalized spacial score (nSPS) is 10.9. The van der Waals surface area contributed by atoms with Gasteiger partial charge in [0, 0.05) is 11.8 Å². The number of halogens is 3. The number of rotatable bonds is 2. The van der Waals surface area contributed by atoms with Crippen LogP contribution < -0.4 is 4.74 Å². The zero-order valence-electron chi connectivity index (χ0n) is 7.80. The van der Waals surface area contributed by atoms with E-state index in [1.54, 1.807) is 13.0 Å². The van der Waals surface area contributed by atoms with Crippen molar-refractivity contribution in [1.29, 1.82) is 5.26 Å². The first kappa shape index (κ1) is 11.3. The van der Waals surface area contributed by atoms with Crippen LogP contribution in [0.2, 0.25) is 0 Å². The van der Waals surface area contributed by atoms with E-state index in [1.807, 2.05) is 0 Å². The standard InChI is InChI=1S/C9H7F3N2O/c1-6-4-14-5-8(7(6)2-3-13)15-9(10,11)12/h4-5H,2H2,1H3. The zero-order chi connectivity index (χ0) is 11.5. The highest BCUT2D eigenvalue weighted by Crippen LogP contribution is 2.27. The Morgan fingerprint density at radius 1 is 1.47 bits per heavy atom. The average molecular weight is 216 g/mol. The predicted molar refractivity (Wildman–Crippen MR) is 45.0 cm³/mol. The van der Waals surface area contributed by atoms with Gasteiger partial charge in [-0.1, -0.05) is 0 Å². The van der Waals surface area contributed by atoms with Gasteiger partial charge in [-0.15, -0.1) is 13.2 Å². The van der Waals surface area contributed by atoms with Gasteiger partial charge in [-0.25, -0.2) is 0 Å². The van der Waals surface area contributed by atoms with E-state index in [1.165, 1.54) is 6.20 Å². The Bertz CT molecular complexity index is 395. The summed E-state index contributed by atoms with van der Waals surface area (Å²) in [5, 5.41) is 8.46. The number of nitrogens with zero attached hydrogens (tertiary/aromatic N) is 2. The molecule has 80 valence electrons. The van der Waals surface area contributed by atoms with Crippen molar-refractivity contribution < 1.29 is 17.9 Å². The number of alkyl halides is 3. The molecule has 0 fully saturated rings. The predicted octanol–water partition coefficient (Wildman–Crippen LogP) is 2.35. The highest BCUT2D eigenvalue weighted by atomic mass is 19.4. The molecule has 0 atom stereocenters. The molecular weight excluding hydrogens is 209 g/mol. The zero-order valence-corrected chi connectivity index (χ0v) is 7.80. The van der Waals surface area contributed by atoms with Gasteiger partial charge in [-0.2, -0.15) is 5.26 Å². The second-order valence-electron chi connectivity index (χ2n) is 2.82. The van der Waals surface area contributed by atoms with E-state index in [-0.39, 0.29) is 12.0 Å². The second kappa shape index (κ2) is 4.17. The summed E-state index contributed by atoms with van der Waals surface area (Å²) in [5.41, 5.74) is 0.711. The van der Waals surface area contributed by atoms with Gasteiger partial charge in [0.1, 0.15) is 0 Å². The van der Waals surface area contributed by atoms with Gasteiger partial charge >= 0.3 is 6.36 Å². The molecule has 6 heteroatoms. The summed E-state index contributed by atoms with van der Waals surface area (Å²) < 4.78 is 39.6. The van der Waals surface area contributed by atoms with Gasteiger partial charge in [-0.3, -0.25) is 4.98 Å². The second-order valence-corrected chi connectivity index (χ2v) is 2.82. The van der Waals surface area contributed by atoms with Crippen LogP contribution >= 0.6 is 0 Å². The SMILES string of the molecule is Cc1cncc(OC(F)(F)F)c1CC#N. The fourth-order valence-corrected chi connectivity index (χ4v) is 1.09. The first-order chi connectivity index (χ1) is 6.94. The van der Waals surface area contributed by atoms with Crippen molar-refractivity contribution >= 4 is 0 Å². The number of hydrogen-bond donors (Lipinski definition) is 0. The third-order valence-electron chi connectivity index (χ3n) is 1.71.